The molecule has 8 nitrogen and oxygen atoms in total. The van der Waals surface area contributed by atoms with Crippen molar-refractivity contribution in [1.82, 2.24) is 4.98 Å². The van der Waals surface area contributed by atoms with Crippen molar-refractivity contribution in [2.45, 2.75) is 20.0 Å². The molecule has 0 unspecified atom stereocenters. The third-order valence-corrected chi connectivity index (χ3v) is 7.11. The van der Waals surface area contributed by atoms with Crippen LogP contribution in [-0.2, 0) is 22.6 Å². The third-order valence-electron chi connectivity index (χ3n) is 5.90. The van der Waals surface area contributed by atoms with Crippen molar-refractivity contribution >= 4 is 58.0 Å². The smallest absolute Gasteiger partial charge is 0.338 e. The summed E-state index contributed by atoms with van der Waals surface area (Å²) in [6.45, 7) is 1.81. The lowest BCUT2D eigenvalue weighted by atomic mass is 10.1. The summed E-state index contributed by atoms with van der Waals surface area (Å²) in [5.74, 6) is -1.95. The average molecular weight is 546 g/mol. The second-order valence-electron chi connectivity index (χ2n) is 8.51. The largest absolute Gasteiger partial charge is 0.456 e. The molecule has 3 amide bonds. The van der Waals surface area contributed by atoms with Crippen molar-refractivity contribution in [2.24, 2.45) is 0 Å². The average Bonchev–Trinajstić information content (AvgIpc) is 3.45. The van der Waals surface area contributed by atoms with E-state index in [-0.39, 0.29) is 46.3 Å². The number of para-hydroxylation sites is 2. The fourth-order valence-corrected chi connectivity index (χ4v) is 4.98. The number of carbonyl (C=O) groups is 4. The molecule has 3 aromatic carbocycles. The zero-order valence-electron chi connectivity index (χ0n) is 20.1. The van der Waals surface area contributed by atoms with Gasteiger partial charge in [0, 0.05) is 11.1 Å². The molecule has 2 heterocycles. The van der Waals surface area contributed by atoms with E-state index in [1.54, 1.807) is 29.6 Å². The van der Waals surface area contributed by atoms with Gasteiger partial charge in [-0.25, -0.2) is 14.7 Å². The van der Waals surface area contributed by atoms with Crippen molar-refractivity contribution in [2.75, 3.05) is 10.2 Å². The van der Waals surface area contributed by atoms with E-state index in [2.05, 4.69) is 10.3 Å². The van der Waals surface area contributed by atoms with Crippen LogP contribution in [0.2, 0.25) is 5.02 Å². The van der Waals surface area contributed by atoms with Gasteiger partial charge in [-0.15, -0.1) is 11.3 Å². The first-order valence-corrected chi connectivity index (χ1v) is 12.8. The summed E-state index contributed by atoms with van der Waals surface area (Å²) in [6.07, 6.45) is 0.0931. The molecule has 1 N–H and O–H groups in total. The molecule has 0 spiro atoms. The lowest BCUT2D eigenvalue weighted by molar-refractivity contribution is -0.115. The highest BCUT2D eigenvalue weighted by atomic mass is 35.5. The molecule has 0 atom stereocenters. The number of nitrogens with zero attached hydrogens (tertiary/aromatic N) is 2. The van der Waals surface area contributed by atoms with Gasteiger partial charge in [-0.1, -0.05) is 41.9 Å². The number of nitrogens with one attached hydrogen (secondary N) is 1. The quantitative estimate of drug-likeness (QED) is 0.245. The van der Waals surface area contributed by atoms with Crippen LogP contribution in [-0.4, -0.2) is 28.7 Å². The molecule has 0 radical (unpaired) electrons. The van der Waals surface area contributed by atoms with Gasteiger partial charge in [0.25, 0.3) is 11.8 Å². The number of amides is 3. The third kappa shape index (κ3) is 5.06. The van der Waals surface area contributed by atoms with Crippen LogP contribution in [0.25, 0.3) is 0 Å². The standard InChI is InChI=1S/C28H20ClN3O5S/c1-16-6-2-4-8-22(16)31-24(33)13-25-30-18(15-38-25)14-37-28(36)17-10-11-19-20(12-17)27(35)32(26(19)34)23-9-5-3-7-21(23)29/h2-12,15H,13-14H2,1H3,(H,31,33). The van der Waals surface area contributed by atoms with Gasteiger partial charge in [-0.3, -0.25) is 14.4 Å². The Balaban J connectivity index is 1.21. The molecule has 0 fully saturated rings. The number of carbonyl (C=O) groups excluding carboxylic acids is 4. The predicted molar refractivity (Wildman–Crippen MR) is 144 cm³/mol. The molecule has 1 aliphatic rings. The highest BCUT2D eigenvalue weighted by molar-refractivity contribution is 7.09. The Morgan fingerprint density at radius 1 is 1.00 bits per heavy atom. The van der Waals surface area contributed by atoms with E-state index in [9.17, 15) is 19.2 Å². The van der Waals surface area contributed by atoms with E-state index < -0.39 is 17.8 Å². The number of thiazole rings is 1. The van der Waals surface area contributed by atoms with Crippen LogP contribution in [0.15, 0.2) is 72.1 Å². The Bertz CT molecular complexity index is 1600. The van der Waals surface area contributed by atoms with Crippen molar-refractivity contribution in [3.63, 3.8) is 0 Å². The number of hydrogen-bond acceptors (Lipinski definition) is 7. The Hall–Kier alpha value is -4.34. The number of fused-ring (bicyclic) bond motifs is 1. The minimum absolute atomic E-state index is 0.0931. The van der Waals surface area contributed by atoms with Gasteiger partial charge in [0.2, 0.25) is 5.91 Å². The zero-order valence-corrected chi connectivity index (χ0v) is 21.6. The first kappa shape index (κ1) is 25.3. The summed E-state index contributed by atoms with van der Waals surface area (Å²) < 4.78 is 5.37. The monoisotopic (exact) mass is 545 g/mol. The number of ether oxygens (including phenoxy) is 1. The minimum Gasteiger partial charge on any atom is -0.456 e. The van der Waals surface area contributed by atoms with Gasteiger partial charge in [0.05, 0.1) is 39.5 Å². The fraction of sp³-hybridized carbons (Fsp3) is 0.107. The highest BCUT2D eigenvalue weighted by Gasteiger charge is 2.38. The Labute approximate surface area is 226 Å². The van der Waals surface area contributed by atoms with Crippen LogP contribution >= 0.6 is 22.9 Å². The van der Waals surface area contributed by atoms with E-state index in [4.69, 9.17) is 16.3 Å². The summed E-state index contributed by atoms with van der Waals surface area (Å²) in [4.78, 5) is 56.3. The minimum atomic E-state index is -0.670. The second-order valence-corrected chi connectivity index (χ2v) is 9.86. The van der Waals surface area contributed by atoms with Gasteiger partial charge < -0.3 is 10.1 Å². The van der Waals surface area contributed by atoms with Gasteiger partial charge in [-0.05, 0) is 48.9 Å². The number of hydrogen-bond donors (Lipinski definition) is 1. The Morgan fingerprint density at radius 2 is 1.74 bits per heavy atom. The maximum absolute atomic E-state index is 13.0. The van der Waals surface area contributed by atoms with Crippen LogP contribution < -0.4 is 10.2 Å². The van der Waals surface area contributed by atoms with E-state index in [1.165, 1.54) is 29.5 Å². The molecule has 4 aromatic rings. The van der Waals surface area contributed by atoms with Gasteiger partial charge >= 0.3 is 5.97 Å². The molecular weight excluding hydrogens is 526 g/mol. The Morgan fingerprint density at radius 3 is 2.53 bits per heavy atom. The lowest BCUT2D eigenvalue weighted by Crippen LogP contribution is -2.29. The number of aromatic nitrogens is 1. The maximum atomic E-state index is 13.0. The SMILES string of the molecule is Cc1ccccc1NC(=O)Cc1nc(COC(=O)c2ccc3c(c2)C(=O)N(c2ccccc2Cl)C3=O)cs1. The topological polar surface area (TPSA) is 106 Å². The molecule has 5 rings (SSSR count). The van der Waals surface area contributed by atoms with Crippen LogP contribution in [0, 0.1) is 6.92 Å². The normalized spacial score (nSPS) is 12.4. The first-order valence-electron chi connectivity index (χ1n) is 11.5. The van der Waals surface area contributed by atoms with E-state index >= 15 is 0 Å². The number of anilines is 2. The summed E-state index contributed by atoms with van der Waals surface area (Å²) in [5.41, 5.74) is 2.88. The molecule has 10 heteroatoms. The molecule has 0 aliphatic carbocycles. The second kappa shape index (κ2) is 10.6. The lowest BCUT2D eigenvalue weighted by Gasteiger charge is -2.15. The molecule has 1 aromatic heterocycles. The molecular formula is C28H20ClN3O5S. The van der Waals surface area contributed by atoms with Crippen molar-refractivity contribution in [1.29, 1.82) is 0 Å². The highest BCUT2D eigenvalue weighted by Crippen LogP contribution is 2.33. The van der Waals surface area contributed by atoms with Gasteiger partial charge in [-0.2, -0.15) is 0 Å². The molecule has 0 saturated heterocycles. The van der Waals surface area contributed by atoms with Crippen LogP contribution in [0.1, 0.15) is 47.3 Å². The van der Waals surface area contributed by atoms with Gasteiger partial charge in [0.1, 0.15) is 11.6 Å². The summed E-state index contributed by atoms with van der Waals surface area (Å²) in [5, 5.41) is 5.43. The fourth-order valence-electron chi connectivity index (χ4n) is 3.98. The molecule has 0 bridgehead atoms. The number of rotatable bonds is 7. The maximum Gasteiger partial charge on any atom is 0.338 e. The number of halogens is 1. The predicted octanol–water partition coefficient (Wildman–Crippen LogP) is 5.44. The Kier molecular flexibility index (Phi) is 7.04. The number of esters is 1. The molecule has 38 heavy (non-hydrogen) atoms. The van der Waals surface area contributed by atoms with Crippen molar-refractivity contribution < 1.29 is 23.9 Å². The number of imide groups is 1. The first-order chi connectivity index (χ1) is 18.3. The van der Waals surface area contributed by atoms with Crippen molar-refractivity contribution in [3.8, 4) is 0 Å². The zero-order chi connectivity index (χ0) is 26.8. The summed E-state index contributed by atoms with van der Waals surface area (Å²) in [7, 11) is 0. The van der Waals surface area contributed by atoms with Crippen LogP contribution in [0.4, 0.5) is 11.4 Å². The van der Waals surface area contributed by atoms with E-state index in [0.29, 0.717) is 10.7 Å². The van der Waals surface area contributed by atoms with Crippen LogP contribution in [0.5, 0.6) is 0 Å². The summed E-state index contributed by atoms with van der Waals surface area (Å²) >= 11 is 7.48. The van der Waals surface area contributed by atoms with Gasteiger partial charge in [0.15, 0.2) is 0 Å². The summed E-state index contributed by atoms with van der Waals surface area (Å²) in [6, 6.07) is 18.2. The van der Waals surface area contributed by atoms with Crippen LogP contribution in [0.3, 0.4) is 0 Å². The molecule has 0 saturated carbocycles. The number of aryl methyl sites for hydroxylation is 1. The number of benzene rings is 3. The van der Waals surface area contributed by atoms with E-state index in [0.717, 1.165) is 16.2 Å². The molecule has 190 valence electrons. The molecule has 1 aliphatic heterocycles. The van der Waals surface area contributed by atoms with Crippen molar-refractivity contribution in [3.05, 3.63) is 110 Å². The van der Waals surface area contributed by atoms with E-state index in [1.807, 2.05) is 31.2 Å².